The second kappa shape index (κ2) is 7.67. The second-order valence-electron chi connectivity index (χ2n) is 6.04. The summed E-state index contributed by atoms with van der Waals surface area (Å²) >= 11 is 0. The number of halogens is 1. The van der Waals surface area contributed by atoms with Crippen LogP contribution in [0.25, 0.3) is 0 Å². The van der Waals surface area contributed by atoms with Crippen LogP contribution in [0.15, 0.2) is 34.9 Å². The summed E-state index contributed by atoms with van der Waals surface area (Å²) in [6, 6.07) is 4.99. The van der Waals surface area contributed by atoms with Crippen LogP contribution in [0.1, 0.15) is 23.0 Å². The van der Waals surface area contributed by atoms with Crippen LogP contribution in [-0.2, 0) is 9.53 Å². The summed E-state index contributed by atoms with van der Waals surface area (Å²) in [4.78, 5) is 24.6. The fourth-order valence-electron chi connectivity index (χ4n) is 2.76. The van der Waals surface area contributed by atoms with Crippen LogP contribution >= 0.6 is 0 Å². The van der Waals surface area contributed by atoms with Gasteiger partial charge < -0.3 is 25.1 Å². The first-order valence-corrected chi connectivity index (χ1v) is 8.26. The zero-order valence-corrected chi connectivity index (χ0v) is 14.5. The highest BCUT2D eigenvalue weighted by Gasteiger charge is 2.28. The van der Waals surface area contributed by atoms with Gasteiger partial charge in [-0.05, 0) is 38.1 Å². The number of hydrogen-bond acceptors (Lipinski definition) is 5. The van der Waals surface area contributed by atoms with Gasteiger partial charge in [0, 0.05) is 12.2 Å². The number of rotatable bonds is 4. The monoisotopic (exact) mass is 361 g/mol. The molecule has 2 aromatic rings. The summed E-state index contributed by atoms with van der Waals surface area (Å²) in [6.45, 7) is 4.57. The van der Waals surface area contributed by atoms with E-state index in [1.807, 2.05) is 0 Å². The Morgan fingerprint density at radius 3 is 2.77 bits per heavy atom. The van der Waals surface area contributed by atoms with E-state index in [2.05, 4.69) is 16.0 Å². The molecular formula is C18H20FN3O4. The van der Waals surface area contributed by atoms with Gasteiger partial charge in [0.15, 0.2) is 0 Å². The van der Waals surface area contributed by atoms with Crippen molar-refractivity contribution in [3.8, 4) is 0 Å². The first-order chi connectivity index (χ1) is 12.5. The molecule has 1 aliphatic rings. The molecule has 0 saturated carbocycles. The molecule has 0 bridgehead atoms. The number of morpholine rings is 1. The number of benzene rings is 1. The van der Waals surface area contributed by atoms with Crippen LogP contribution in [0.5, 0.6) is 0 Å². The van der Waals surface area contributed by atoms with Gasteiger partial charge in [0.1, 0.15) is 17.6 Å². The molecule has 0 spiro atoms. The van der Waals surface area contributed by atoms with Gasteiger partial charge in [0.05, 0.1) is 30.2 Å². The van der Waals surface area contributed by atoms with Crippen LogP contribution in [0.2, 0.25) is 0 Å². The van der Waals surface area contributed by atoms with Gasteiger partial charge >= 0.3 is 0 Å². The number of carbonyl (C=O) groups excluding carboxylic acids is 2. The molecule has 1 saturated heterocycles. The highest BCUT2D eigenvalue weighted by Crippen LogP contribution is 2.22. The minimum atomic E-state index is -0.606. The average Bonchev–Trinajstić information content (AvgIpc) is 3.04. The first kappa shape index (κ1) is 18.1. The fourth-order valence-corrected chi connectivity index (χ4v) is 2.76. The smallest absolute Gasteiger partial charge is 0.259 e. The van der Waals surface area contributed by atoms with Crippen LogP contribution in [0, 0.1) is 12.7 Å². The predicted molar refractivity (Wildman–Crippen MR) is 93.6 cm³/mol. The van der Waals surface area contributed by atoms with Crippen LogP contribution in [-0.4, -0.2) is 37.1 Å². The topological polar surface area (TPSA) is 92.6 Å². The lowest BCUT2D eigenvalue weighted by Gasteiger charge is -2.29. The summed E-state index contributed by atoms with van der Waals surface area (Å²) < 4.78 is 24.6. The van der Waals surface area contributed by atoms with E-state index in [0.717, 1.165) is 0 Å². The van der Waals surface area contributed by atoms with E-state index >= 15 is 0 Å². The van der Waals surface area contributed by atoms with Crippen molar-refractivity contribution in [2.24, 2.45) is 0 Å². The van der Waals surface area contributed by atoms with Crippen molar-refractivity contribution < 1.29 is 23.1 Å². The first-order valence-electron chi connectivity index (χ1n) is 8.26. The molecule has 7 nitrogen and oxygen atoms in total. The number of hydrogen-bond donors (Lipinski definition) is 3. The maximum Gasteiger partial charge on any atom is 0.259 e. The molecule has 1 aromatic carbocycles. The Morgan fingerprint density at radius 1 is 1.27 bits per heavy atom. The zero-order chi connectivity index (χ0) is 18.7. The summed E-state index contributed by atoms with van der Waals surface area (Å²) in [5.74, 6) is -0.948. The Bertz CT molecular complexity index is 821. The van der Waals surface area contributed by atoms with Gasteiger partial charge in [0.2, 0.25) is 5.91 Å². The van der Waals surface area contributed by atoms with Crippen LogP contribution in [0.4, 0.5) is 15.8 Å². The van der Waals surface area contributed by atoms with Crippen molar-refractivity contribution in [3.63, 3.8) is 0 Å². The third-order valence-electron chi connectivity index (χ3n) is 4.18. The molecule has 2 amide bonds. The molecule has 8 heteroatoms. The van der Waals surface area contributed by atoms with Crippen molar-refractivity contribution >= 4 is 23.2 Å². The molecule has 0 radical (unpaired) electrons. The summed E-state index contributed by atoms with van der Waals surface area (Å²) in [5, 5.41) is 8.28. The maximum atomic E-state index is 14.0. The van der Waals surface area contributed by atoms with Gasteiger partial charge in [0.25, 0.3) is 5.91 Å². The van der Waals surface area contributed by atoms with Crippen LogP contribution < -0.4 is 16.0 Å². The van der Waals surface area contributed by atoms with Gasteiger partial charge in [-0.25, -0.2) is 4.39 Å². The molecule has 0 aliphatic carbocycles. The molecule has 3 N–H and O–H groups in total. The van der Waals surface area contributed by atoms with Crippen molar-refractivity contribution in [2.45, 2.75) is 26.0 Å². The van der Waals surface area contributed by atoms with Crippen molar-refractivity contribution in [1.82, 2.24) is 5.32 Å². The van der Waals surface area contributed by atoms with E-state index in [1.54, 1.807) is 13.8 Å². The lowest BCUT2D eigenvalue weighted by Crippen LogP contribution is -2.53. The third-order valence-corrected chi connectivity index (χ3v) is 4.18. The zero-order valence-electron chi connectivity index (χ0n) is 14.5. The fraction of sp³-hybridized carbons (Fsp3) is 0.333. The minimum absolute atomic E-state index is 0.0331. The van der Waals surface area contributed by atoms with Crippen molar-refractivity contribution in [2.75, 3.05) is 23.8 Å². The molecule has 1 aromatic heterocycles. The largest absolute Gasteiger partial charge is 0.469 e. The van der Waals surface area contributed by atoms with Gasteiger partial charge in [-0.2, -0.15) is 0 Å². The molecule has 0 unspecified atom stereocenters. The number of anilines is 2. The standard InChI is InChI=1S/C18H20FN3O4/c1-10-13(5-7-25-10)17(23)22-15-9-12(3-4-14(15)19)21-18(24)16-11(2)26-8-6-20-16/h3-5,7,9,11,16,20H,6,8H2,1-2H3,(H,21,24)(H,22,23)/t11-,16+/m1/s1. The normalized spacial score (nSPS) is 19.8. The summed E-state index contributed by atoms with van der Waals surface area (Å²) in [5.41, 5.74) is 0.653. The summed E-state index contributed by atoms with van der Waals surface area (Å²) in [7, 11) is 0. The number of nitrogens with one attached hydrogen (secondary N) is 3. The quantitative estimate of drug-likeness (QED) is 0.777. The Morgan fingerprint density at radius 2 is 2.08 bits per heavy atom. The molecule has 138 valence electrons. The van der Waals surface area contributed by atoms with E-state index in [-0.39, 0.29) is 17.7 Å². The van der Waals surface area contributed by atoms with E-state index < -0.39 is 17.8 Å². The number of amides is 2. The molecule has 1 aliphatic heterocycles. The van der Waals surface area contributed by atoms with E-state index in [0.29, 0.717) is 30.2 Å². The number of ether oxygens (including phenoxy) is 1. The van der Waals surface area contributed by atoms with Gasteiger partial charge in [-0.1, -0.05) is 0 Å². The summed E-state index contributed by atoms with van der Waals surface area (Å²) in [6.07, 6.45) is 1.12. The maximum absolute atomic E-state index is 14.0. The highest BCUT2D eigenvalue weighted by atomic mass is 19.1. The minimum Gasteiger partial charge on any atom is -0.469 e. The van der Waals surface area contributed by atoms with Crippen molar-refractivity contribution in [1.29, 1.82) is 0 Å². The lowest BCUT2D eigenvalue weighted by atomic mass is 10.1. The second-order valence-corrected chi connectivity index (χ2v) is 6.04. The van der Waals surface area contributed by atoms with Gasteiger partial charge in [-0.15, -0.1) is 0 Å². The molecule has 2 heterocycles. The number of carbonyl (C=O) groups is 2. The Labute approximate surface area is 149 Å². The molecule has 2 atom stereocenters. The Kier molecular flexibility index (Phi) is 5.34. The van der Waals surface area contributed by atoms with Crippen molar-refractivity contribution in [3.05, 3.63) is 47.7 Å². The molecule has 1 fully saturated rings. The molecule has 26 heavy (non-hydrogen) atoms. The Balaban J connectivity index is 1.72. The van der Waals surface area contributed by atoms with E-state index in [9.17, 15) is 14.0 Å². The van der Waals surface area contributed by atoms with E-state index in [4.69, 9.17) is 9.15 Å². The van der Waals surface area contributed by atoms with Gasteiger partial charge in [-0.3, -0.25) is 9.59 Å². The number of furan rings is 1. The third kappa shape index (κ3) is 3.92. The average molecular weight is 361 g/mol. The molecule has 3 rings (SSSR count). The lowest BCUT2D eigenvalue weighted by molar-refractivity contribution is -0.123. The highest BCUT2D eigenvalue weighted by molar-refractivity contribution is 6.05. The number of aryl methyl sites for hydroxylation is 1. The molecular weight excluding hydrogens is 341 g/mol. The van der Waals surface area contributed by atoms with Crippen LogP contribution in [0.3, 0.4) is 0 Å². The SMILES string of the molecule is Cc1occc1C(=O)Nc1cc(NC(=O)[C@H]2NCCO[C@@H]2C)ccc1F. The predicted octanol–water partition coefficient (Wildman–Crippen LogP) is 2.29. The Hall–Kier alpha value is -2.71. The van der Waals surface area contributed by atoms with E-state index in [1.165, 1.54) is 30.5 Å².